The topological polar surface area (TPSA) is 46.5 Å². The maximum absolute atomic E-state index is 12.9. The average Bonchev–Trinajstić information content (AvgIpc) is 3.35. The lowest BCUT2D eigenvalue weighted by Gasteiger charge is -2.62. The van der Waals surface area contributed by atoms with Crippen molar-refractivity contribution in [2.45, 2.75) is 130 Å². The summed E-state index contributed by atoms with van der Waals surface area (Å²) >= 11 is 0. The van der Waals surface area contributed by atoms with Crippen LogP contribution < -0.4 is 0 Å². The normalized spacial score (nSPS) is 57.2. The second kappa shape index (κ2) is 6.47. The second-order valence-electron chi connectivity index (χ2n) is 15.3. The second-order valence-corrected chi connectivity index (χ2v) is 15.3. The van der Waals surface area contributed by atoms with Crippen LogP contribution in [0.4, 0.5) is 0 Å². The highest BCUT2D eigenvalue weighted by Crippen LogP contribution is 2.89. The summed E-state index contributed by atoms with van der Waals surface area (Å²) in [5.41, 5.74) is 0.626. The van der Waals surface area contributed by atoms with Crippen molar-refractivity contribution in [3.05, 3.63) is 0 Å². The van der Waals surface area contributed by atoms with Crippen LogP contribution in [0.1, 0.15) is 113 Å². The Hall–Kier alpha value is -0.410. The summed E-state index contributed by atoms with van der Waals surface area (Å²) in [6.45, 7) is 16.1. The number of hydrogen-bond donors (Lipinski definition) is 1. The maximum atomic E-state index is 12.9. The van der Waals surface area contributed by atoms with Gasteiger partial charge in [0.05, 0.1) is 17.8 Å². The van der Waals surface area contributed by atoms with Gasteiger partial charge in [0.25, 0.3) is 0 Å². The lowest BCUT2D eigenvalue weighted by molar-refractivity contribution is -0.157. The van der Waals surface area contributed by atoms with E-state index in [1.165, 1.54) is 44.9 Å². The van der Waals surface area contributed by atoms with Gasteiger partial charge in [0.2, 0.25) is 0 Å². The summed E-state index contributed by atoms with van der Waals surface area (Å²) in [4.78, 5) is 12.9. The number of aliphatic hydroxyl groups is 1. The molecule has 0 aromatic carbocycles. The number of Topliss-reactive ketones (excluding diaryl/α,β-unsaturated/α-hetero) is 1. The maximum Gasteiger partial charge on any atom is 0.138 e. The van der Waals surface area contributed by atoms with Crippen molar-refractivity contribution in [1.82, 2.24) is 0 Å². The van der Waals surface area contributed by atoms with Crippen molar-refractivity contribution in [2.75, 3.05) is 0 Å². The van der Waals surface area contributed by atoms with Gasteiger partial charge in [-0.3, -0.25) is 4.79 Å². The molecule has 1 heterocycles. The summed E-state index contributed by atoms with van der Waals surface area (Å²) in [6.07, 6.45) is 12.1. The Morgan fingerprint density at radius 1 is 0.909 bits per heavy atom. The number of fused-ring (bicyclic) bond motifs is 4. The molecule has 6 rings (SSSR count). The SMILES string of the molecule is C[C@@H]1CC[C@H](C(C)(C)O)OC2C[C@@]3(C)C4CCC5C(C)(C)C(=O)CC[C@@]56CC46CC[C@]3(C)C21. The lowest BCUT2D eigenvalue weighted by atomic mass is 9.42. The lowest BCUT2D eigenvalue weighted by Crippen LogP contribution is -2.57. The fourth-order valence-electron chi connectivity index (χ4n) is 11.8. The molecule has 6 fully saturated rings. The Labute approximate surface area is 201 Å². The van der Waals surface area contributed by atoms with Crippen LogP contribution in [0, 0.1) is 50.7 Å². The van der Waals surface area contributed by atoms with Gasteiger partial charge < -0.3 is 9.84 Å². The first-order chi connectivity index (χ1) is 15.2. The molecule has 3 heteroatoms. The van der Waals surface area contributed by atoms with Crippen LogP contribution >= 0.6 is 0 Å². The molecule has 0 radical (unpaired) electrons. The van der Waals surface area contributed by atoms with Gasteiger partial charge >= 0.3 is 0 Å². The molecule has 0 aromatic rings. The zero-order chi connectivity index (χ0) is 23.8. The number of ketones is 1. The minimum Gasteiger partial charge on any atom is -0.388 e. The highest BCUT2D eigenvalue weighted by molar-refractivity contribution is 5.86. The molecule has 10 atom stereocenters. The molecule has 186 valence electrons. The number of hydrogen-bond acceptors (Lipinski definition) is 3. The van der Waals surface area contributed by atoms with E-state index in [1.54, 1.807) is 0 Å². The van der Waals surface area contributed by atoms with Gasteiger partial charge in [-0.05, 0) is 117 Å². The molecule has 0 aromatic heterocycles. The first-order valence-electron chi connectivity index (χ1n) is 14.1. The predicted octanol–water partition coefficient (Wildman–Crippen LogP) is 6.56. The molecule has 2 spiro atoms. The third kappa shape index (κ3) is 2.58. The van der Waals surface area contributed by atoms with Crippen LogP contribution in [-0.4, -0.2) is 28.7 Å². The Morgan fingerprint density at radius 2 is 1.58 bits per heavy atom. The van der Waals surface area contributed by atoms with Crippen LogP contribution in [0.15, 0.2) is 0 Å². The molecule has 0 bridgehead atoms. The summed E-state index contributed by atoms with van der Waals surface area (Å²) in [5.74, 6) is 3.14. The number of carbonyl (C=O) groups is 1. The molecular formula is C30H48O3. The molecule has 5 unspecified atom stereocenters. The molecule has 1 saturated heterocycles. The Balaban J connectivity index is 1.37. The highest BCUT2D eigenvalue weighted by atomic mass is 16.5. The predicted molar refractivity (Wildman–Crippen MR) is 131 cm³/mol. The van der Waals surface area contributed by atoms with Gasteiger partial charge in [0.15, 0.2) is 0 Å². The number of carbonyl (C=O) groups excluding carboxylic acids is 1. The van der Waals surface area contributed by atoms with Crippen LogP contribution in [0.5, 0.6) is 0 Å². The summed E-state index contributed by atoms with van der Waals surface area (Å²) in [7, 11) is 0. The van der Waals surface area contributed by atoms with Crippen molar-refractivity contribution >= 4 is 5.78 Å². The van der Waals surface area contributed by atoms with E-state index < -0.39 is 5.60 Å². The molecule has 5 saturated carbocycles. The van der Waals surface area contributed by atoms with E-state index in [4.69, 9.17) is 4.74 Å². The Bertz CT molecular complexity index is 870. The fourth-order valence-corrected chi connectivity index (χ4v) is 11.8. The Kier molecular flexibility index (Phi) is 4.51. The molecular weight excluding hydrogens is 408 g/mol. The van der Waals surface area contributed by atoms with Gasteiger partial charge in [-0.2, -0.15) is 0 Å². The standard InChI is InChI=1S/C30H48O3/c1-18-8-11-23(26(4,5)32)33-19-16-28(7)21-10-9-20-25(2,3)22(31)12-13-29(20)17-30(21,29)15-14-27(28,6)24(18)19/h18-21,23-24,32H,8-17H2,1-7H3/t18-,19?,20?,21?,23-,24?,27-,28+,29-,30?/m1/s1. The first kappa shape index (κ1) is 23.0. The molecule has 1 N–H and O–H groups in total. The van der Waals surface area contributed by atoms with E-state index in [9.17, 15) is 9.90 Å². The van der Waals surface area contributed by atoms with Gasteiger partial charge in [-0.15, -0.1) is 0 Å². The third-order valence-corrected chi connectivity index (χ3v) is 13.5. The van der Waals surface area contributed by atoms with E-state index in [-0.39, 0.29) is 17.6 Å². The van der Waals surface area contributed by atoms with Crippen LogP contribution in [0.3, 0.4) is 0 Å². The fraction of sp³-hybridized carbons (Fsp3) is 0.967. The van der Waals surface area contributed by atoms with Crippen molar-refractivity contribution < 1.29 is 14.6 Å². The minimum atomic E-state index is -0.774. The molecule has 6 aliphatic rings. The average molecular weight is 457 g/mol. The number of ether oxygens (including phenoxy) is 1. The van der Waals surface area contributed by atoms with Gasteiger partial charge in [-0.1, -0.05) is 34.6 Å². The molecule has 3 nitrogen and oxygen atoms in total. The van der Waals surface area contributed by atoms with Crippen LogP contribution in [0.2, 0.25) is 0 Å². The van der Waals surface area contributed by atoms with Gasteiger partial charge in [0.1, 0.15) is 5.78 Å². The zero-order valence-corrected chi connectivity index (χ0v) is 22.3. The van der Waals surface area contributed by atoms with Crippen LogP contribution in [0.25, 0.3) is 0 Å². The van der Waals surface area contributed by atoms with Crippen molar-refractivity contribution in [3.63, 3.8) is 0 Å². The highest BCUT2D eigenvalue weighted by Gasteiger charge is 2.83. The molecule has 0 amide bonds. The van der Waals surface area contributed by atoms with Gasteiger partial charge in [-0.25, -0.2) is 0 Å². The summed E-state index contributed by atoms with van der Waals surface area (Å²) in [6, 6.07) is 0. The van der Waals surface area contributed by atoms with Gasteiger partial charge in [0, 0.05) is 11.8 Å². The summed E-state index contributed by atoms with van der Waals surface area (Å²) < 4.78 is 6.88. The van der Waals surface area contributed by atoms with Crippen molar-refractivity contribution in [2.24, 2.45) is 50.7 Å². The van der Waals surface area contributed by atoms with Crippen molar-refractivity contribution in [1.29, 1.82) is 0 Å². The van der Waals surface area contributed by atoms with E-state index in [1.807, 2.05) is 13.8 Å². The van der Waals surface area contributed by atoms with E-state index >= 15 is 0 Å². The largest absolute Gasteiger partial charge is 0.388 e. The number of rotatable bonds is 1. The Morgan fingerprint density at radius 3 is 2.27 bits per heavy atom. The molecule has 1 aliphatic heterocycles. The molecule has 33 heavy (non-hydrogen) atoms. The first-order valence-corrected chi connectivity index (χ1v) is 14.1. The minimum absolute atomic E-state index is 0.0515. The third-order valence-electron chi connectivity index (χ3n) is 13.5. The zero-order valence-electron chi connectivity index (χ0n) is 22.3. The quantitative estimate of drug-likeness (QED) is 0.486. The molecule has 5 aliphatic carbocycles. The van der Waals surface area contributed by atoms with E-state index in [0.29, 0.717) is 45.2 Å². The van der Waals surface area contributed by atoms with Crippen molar-refractivity contribution in [3.8, 4) is 0 Å². The van der Waals surface area contributed by atoms with E-state index in [0.717, 1.165) is 25.2 Å². The van der Waals surface area contributed by atoms with E-state index in [2.05, 4.69) is 34.6 Å². The summed E-state index contributed by atoms with van der Waals surface area (Å²) in [5, 5.41) is 10.8. The smallest absolute Gasteiger partial charge is 0.138 e. The van der Waals surface area contributed by atoms with Crippen LogP contribution in [-0.2, 0) is 9.53 Å². The monoisotopic (exact) mass is 456 g/mol.